The summed E-state index contributed by atoms with van der Waals surface area (Å²) in [6.45, 7) is 9.10. The Morgan fingerprint density at radius 2 is 1.50 bits per heavy atom. The SMILES string of the molecule is COC(C)O[C@@H]1[C@H](O)[C@@H](COC(C)(C)C)O[C@]1(n1cc(C)c(=O)n(COCc2ccccc2)c1=O)[SiH](c1ccccc1)c1ccccc1. The van der Waals surface area contributed by atoms with Crippen LogP contribution in [0.3, 0.4) is 0 Å². The summed E-state index contributed by atoms with van der Waals surface area (Å²) < 4.78 is 33.8. The second kappa shape index (κ2) is 15.3. The van der Waals surface area contributed by atoms with E-state index in [0.29, 0.717) is 5.56 Å². The smallest absolute Gasteiger partial charge is 0.335 e. The molecule has 1 fully saturated rings. The zero-order valence-corrected chi connectivity index (χ0v) is 29.6. The van der Waals surface area contributed by atoms with Gasteiger partial charge in [-0.05, 0) is 40.2 Å². The summed E-state index contributed by atoms with van der Waals surface area (Å²) >= 11 is 0. The number of aryl methyl sites for hydroxylation is 1. The van der Waals surface area contributed by atoms with E-state index in [1.165, 1.54) is 17.9 Å². The van der Waals surface area contributed by atoms with Crippen LogP contribution in [0.25, 0.3) is 0 Å². The van der Waals surface area contributed by atoms with Crippen LogP contribution in [-0.4, -0.2) is 67.0 Å². The minimum absolute atomic E-state index is 0.0336. The first kappa shape index (κ1) is 35.6. The van der Waals surface area contributed by atoms with Gasteiger partial charge < -0.3 is 28.8 Å². The number of ether oxygens (including phenoxy) is 5. The van der Waals surface area contributed by atoms with E-state index in [2.05, 4.69) is 0 Å². The van der Waals surface area contributed by atoms with E-state index in [1.54, 1.807) is 13.8 Å². The van der Waals surface area contributed by atoms with Crippen molar-refractivity contribution in [2.24, 2.45) is 0 Å². The monoisotopic (exact) mass is 674 g/mol. The van der Waals surface area contributed by atoms with Gasteiger partial charge in [-0.2, -0.15) is 0 Å². The van der Waals surface area contributed by atoms with Crippen LogP contribution in [0, 0.1) is 6.92 Å². The van der Waals surface area contributed by atoms with Crippen LogP contribution >= 0.6 is 0 Å². The van der Waals surface area contributed by atoms with Gasteiger partial charge in [-0.15, -0.1) is 0 Å². The molecule has 4 aromatic rings. The van der Waals surface area contributed by atoms with E-state index in [4.69, 9.17) is 23.7 Å². The van der Waals surface area contributed by atoms with Gasteiger partial charge in [0.05, 0.1) is 18.8 Å². The van der Waals surface area contributed by atoms with Gasteiger partial charge >= 0.3 is 5.69 Å². The fraction of sp³-hybridized carbons (Fsp3) is 0.405. The molecule has 1 N–H and O–H groups in total. The fourth-order valence-corrected chi connectivity index (χ4v) is 10.1. The van der Waals surface area contributed by atoms with Crippen molar-refractivity contribution in [2.45, 2.75) is 83.5 Å². The minimum atomic E-state index is -2.81. The van der Waals surface area contributed by atoms with Gasteiger partial charge in [0.15, 0.2) is 20.4 Å². The predicted molar refractivity (Wildman–Crippen MR) is 186 cm³/mol. The first-order valence-electron chi connectivity index (χ1n) is 16.2. The molecule has 5 atom stereocenters. The Morgan fingerprint density at radius 3 is 2.04 bits per heavy atom. The number of hydrogen-bond acceptors (Lipinski definition) is 8. The quantitative estimate of drug-likeness (QED) is 0.170. The summed E-state index contributed by atoms with van der Waals surface area (Å²) in [5.41, 5.74) is -0.451. The van der Waals surface area contributed by atoms with Crippen LogP contribution in [0.5, 0.6) is 0 Å². The van der Waals surface area contributed by atoms with Gasteiger partial charge in [-0.25, -0.2) is 9.36 Å². The van der Waals surface area contributed by atoms with Gasteiger partial charge in [0, 0.05) is 18.9 Å². The zero-order valence-electron chi connectivity index (χ0n) is 28.4. The minimum Gasteiger partial charge on any atom is -0.387 e. The number of aromatic nitrogens is 2. The van der Waals surface area contributed by atoms with Crippen LogP contribution < -0.4 is 21.6 Å². The lowest BCUT2D eigenvalue weighted by Gasteiger charge is -2.43. The van der Waals surface area contributed by atoms with E-state index in [9.17, 15) is 14.7 Å². The van der Waals surface area contributed by atoms with Crippen LogP contribution in [0.1, 0.15) is 38.8 Å². The maximum absolute atomic E-state index is 14.8. The highest BCUT2D eigenvalue weighted by Crippen LogP contribution is 2.40. The molecule has 1 aliphatic heterocycles. The lowest BCUT2D eigenvalue weighted by atomic mass is 10.1. The molecule has 256 valence electrons. The molecule has 1 aliphatic rings. The van der Waals surface area contributed by atoms with Crippen LogP contribution in [0.2, 0.25) is 0 Å². The third-order valence-electron chi connectivity index (χ3n) is 8.52. The molecule has 48 heavy (non-hydrogen) atoms. The summed E-state index contributed by atoms with van der Waals surface area (Å²) in [6, 6.07) is 29.2. The standard InChI is InChI=1S/C37H46N2O8Si/c1-26-22-39(35(42)38(34(26)41)25-44-23-28-16-10-7-11-17-28)37(48(29-18-12-8-13-19-29)30-20-14-9-15-21-30)33(46-27(2)43-6)32(40)31(47-37)24-45-36(3,4)5/h7-22,27,31-33,40,48H,23-25H2,1-6H3/t27?,31-,32-,33-,37+/m1/s1. The maximum atomic E-state index is 14.8. The number of hydrogen-bond donors (Lipinski definition) is 1. The van der Waals surface area contributed by atoms with Crippen LogP contribution in [-0.2, 0) is 42.4 Å². The number of benzene rings is 3. The van der Waals surface area contributed by atoms with Gasteiger partial charge in [-0.3, -0.25) is 9.36 Å². The van der Waals surface area contributed by atoms with Crippen molar-refractivity contribution >= 4 is 19.2 Å². The van der Waals surface area contributed by atoms with Crippen molar-refractivity contribution in [2.75, 3.05) is 13.7 Å². The van der Waals surface area contributed by atoms with Gasteiger partial charge in [0.1, 0.15) is 25.0 Å². The molecule has 11 heteroatoms. The molecule has 0 radical (unpaired) electrons. The summed E-state index contributed by atoms with van der Waals surface area (Å²) in [6.07, 6.45) is -2.46. The number of nitrogens with zero attached hydrogens (tertiary/aromatic N) is 2. The Labute approximate surface area is 283 Å². The Morgan fingerprint density at radius 1 is 0.938 bits per heavy atom. The number of aliphatic hydroxyl groups excluding tert-OH is 1. The summed E-state index contributed by atoms with van der Waals surface area (Å²) in [4.78, 5) is 28.3. The van der Waals surface area contributed by atoms with E-state index >= 15 is 0 Å². The number of aliphatic hydroxyl groups is 1. The zero-order chi connectivity index (χ0) is 34.5. The maximum Gasteiger partial charge on any atom is 0.335 e. The second-order valence-electron chi connectivity index (χ2n) is 13.1. The molecule has 1 saturated heterocycles. The molecule has 0 bridgehead atoms. The Balaban J connectivity index is 1.76. The average molecular weight is 675 g/mol. The Bertz CT molecular complexity index is 1700. The molecule has 0 saturated carbocycles. The van der Waals surface area contributed by atoms with Gasteiger partial charge in [0.25, 0.3) is 5.56 Å². The third-order valence-corrected chi connectivity index (χ3v) is 12.2. The van der Waals surface area contributed by atoms with Crippen molar-refractivity contribution in [1.82, 2.24) is 9.13 Å². The van der Waals surface area contributed by atoms with Crippen molar-refractivity contribution < 1.29 is 28.8 Å². The topological polar surface area (TPSA) is 110 Å². The van der Waals surface area contributed by atoms with E-state index in [0.717, 1.165) is 20.5 Å². The second-order valence-corrected chi connectivity index (χ2v) is 16.1. The molecule has 1 aromatic heterocycles. The molecule has 10 nitrogen and oxygen atoms in total. The Hall–Kier alpha value is -3.68. The van der Waals surface area contributed by atoms with Crippen molar-refractivity contribution in [3.8, 4) is 0 Å². The lowest BCUT2D eigenvalue weighted by Crippen LogP contribution is -2.70. The molecule has 3 aromatic carbocycles. The number of methoxy groups -OCH3 is 1. The first-order valence-corrected chi connectivity index (χ1v) is 17.9. The average Bonchev–Trinajstić information content (AvgIpc) is 3.35. The van der Waals surface area contributed by atoms with Gasteiger partial charge in [-0.1, -0.05) is 101 Å². The molecule has 0 aliphatic carbocycles. The van der Waals surface area contributed by atoms with E-state index in [-0.39, 0.29) is 19.9 Å². The fourth-order valence-electron chi connectivity index (χ4n) is 6.18. The molecule has 2 heterocycles. The summed E-state index contributed by atoms with van der Waals surface area (Å²) in [5.74, 6) is 0. The first-order chi connectivity index (χ1) is 23.0. The molecule has 0 spiro atoms. The molecule has 5 rings (SSSR count). The van der Waals surface area contributed by atoms with Gasteiger partial charge in [0.2, 0.25) is 0 Å². The normalized spacial score (nSPS) is 21.9. The number of rotatable bonds is 13. The van der Waals surface area contributed by atoms with Crippen LogP contribution in [0.4, 0.5) is 0 Å². The largest absolute Gasteiger partial charge is 0.387 e. The molecular formula is C37H46N2O8Si. The lowest BCUT2D eigenvalue weighted by molar-refractivity contribution is -0.196. The molecular weight excluding hydrogens is 628 g/mol. The highest BCUT2D eigenvalue weighted by molar-refractivity contribution is 6.86. The third kappa shape index (κ3) is 7.63. The van der Waals surface area contributed by atoms with Crippen molar-refractivity contribution in [1.29, 1.82) is 0 Å². The summed E-state index contributed by atoms with van der Waals surface area (Å²) in [7, 11) is -1.30. The van der Waals surface area contributed by atoms with Crippen molar-refractivity contribution in [3.05, 3.63) is 129 Å². The van der Waals surface area contributed by atoms with Crippen LogP contribution in [0.15, 0.2) is 107 Å². The predicted octanol–water partition coefficient (Wildman–Crippen LogP) is 2.68. The Kier molecular flexibility index (Phi) is 11.3. The molecule has 1 unspecified atom stereocenters. The highest BCUT2D eigenvalue weighted by Gasteiger charge is 2.63. The highest BCUT2D eigenvalue weighted by atomic mass is 28.3. The van der Waals surface area contributed by atoms with Crippen molar-refractivity contribution in [3.63, 3.8) is 0 Å². The van der Waals surface area contributed by atoms with E-state index in [1.807, 2.05) is 112 Å². The molecule has 0 amide bonds. The van der Waals surface area contributed by atoms with E-state index < -0.39 is 55.6 Å². The summed E-state index contributed by atoms with van der Waals surface area (Å²) in [5, 5.41) is 12.4.